The van der Waals surface area contributed by atoms with E-state index in [0.29, 0.717) is 12.1 Å². The number of H-pyrrole nitrogens is 1. The van der Waals surface area contributed by atoms with Crippen molar-refractivity contribution in [1.29, 1.82) is 0 Å². The van der Waals surface area contributed by atoms with Gasteiger partial charge in [0.1, 0.15) is 5.60 Å². The monoisotopic (exact) mass is 293 g/mol. The van der Waals surface area contributed by atoms with Crippen LogP contribution in [0.3, 0.4) is 0 Å². The number of likely N-dealkylation sites (tertiary alicyclic amines) is 1. The summed E-state index contributed by atoms with van der Waals surface area (Å²) >= 11 is 0. The molecule has 1 amide bonds. The zero-order valence-corrected chi connectivity index (χ0v) is 13.7. The molecule has 2 atom stereocenters. The number of likely N-dealkylation sites (N-methyl/N-ethyl adjacent to an activating group) is 1. The Balaban J connectivity index is 1.91. The minimum atomic E-state index is -0.432. The Hall–Kier alpha value is -1.49. The van der Waals surface area contributed by atoms with Crippen LogP contribution < -0.4 is 0 Å². The van der Waals surface area contributed by atoms with Crippen molar-refractivity contribution in [2.75, 3.05) is 20.1 Å². The summed E-state index contributed by atoms with van der Waals surface area (Å²) in [6.07, 6.45) is 2.73. The van der Waals surface area contributed by atoms with E-state index in [1.165, 1.54) is 5.69 Å². The van der Waals surface area contributed by atoms with Gasteiger partial charge in [0.15, 0.2) is 0 Å². The number of nitrogens with zero attached hydrogens (tertiary/aromatic N) is 2. The van der Waals surface area contributed by atoms with Crippen LogP contribution in [-0.4, -0.2) is 52.7 Å². The topological polar surface area (TPSA) is 48.6 Å². The summed E-state index contributed by atoms with van der Waals surface area (Å²) < 4.78 is 5.44. The highest BCUT2D eigenvalue weighted by Gasteiger charge is 2.33. The fraction of sp³-hybridized carbons (Fsp3) is 0.688. The van der Waals surface area contributed by atoms with Crippen molar-refractivity contribution in [2.45, 2.75) is 51.8 Å². The summed E-state index contributed by atoms with van der Waals surface area (Å²) in [5.41, 5.74) is 0.770. The quantitative estimate of drug-likeness (QED) is 0.932. The lowest BCUT2D eigenvalue weighted by Crippen LogP contribution is -2.39. The van der Waals surface area contributed by atoms with Crippen LogP contribution in [-0.2, 0) is 4.74 Å². The molecule has 0 spiro atoms. The molecule has 0 bridgehead atoms. The second-order valence-corrected chi connectivity index (χ2v) is 6.84. The van der Waals surface area contributed by atoms with E-state index < -0.39 is 5.60 Å². The van der Waals surface area contributed by atoms with E-state index in [4.69, 9.17) is 4.74 Å². The molecule has 1 N–H and O–H groups in total. The maximum absolute atomic E-state index is 12.1. The highest BCUT2D eigenvalue weighted by Crippen LogP contribution is 2.25. The lowest BCUT2D eigenvalue weighted by molar-refractivity contribution is 0.0278. The second-order valence-electron chi connectivity index (χ2n) is 6.84. The molecule has 0 aromatic carbocycles. The zero-order valence-electron chi connectivity index (χ0n) is 13.7. The van der Waals surface area contributed by atoms with Gasteiger partial charge in [0, 0.05) is 37.1 Å². The number of nitrogens with one attached hydrogen (secondary N) is 1. The smallest absolute Gasteiger partial charge is 0.410 e. The summed E-state index contributed by atoms with van der Waals surface area (Å²) in [5.74, 6) is 0. The van der Waals surface area contributed by atoms with Gasteiger partial charge in [-0.25, -0.2) is 4.79 Å². The van der Waals surface area contributed by atoms with Gasteiger partial charge in [-0.05, 0) is 53.3 Å². The summed E-state index contributed by atoms with van der Waals surface area (Å²) in [6.45, 7) is 9.38. The van der Waals surface area contributed by atoms with Gasteiger partial charge < -0.3 is 14.6 Å². The third-order valence-electron chi connectivity index (χ3n) is 4.07. The average molecular weight is 293 g/mol. The Morgan fingerprint density at radius 3 is 2.81 bits per heavy atom. The van der Waals surface area contributed by atoms with Gasteiger partial charge in [-0.1, -0.05) is 0 Å². The lowest BCUT2D eigenvalue weighted by Gasteiger charge is -2.30. The SMILES string of the molecule is C[C@H](c1ccc[nH]1)N(C)[C@H]1CCN(C(=O)OC(C)(C)C)C1. The minimum Gasteiger partial charge on any atom is -0.444 e. The molecular formula is C16H27N3O2. The standard InChI is InChI=1S/C16H27N3O2/c1-12(14-7-6-9-17-14)18(5)13-8-10-19(11-13)15(20)21-16(2,3)4/h6-7,9,12-13,17H,8,10-11H2,1-5H3/t12-,13+/m1/s1. The number of hydrogen-bond acceptors (Lipinski definition) is 3. The van der Waals surface area contributed by atoms with E-state index >= 15 is 0 Å². The third-order valence-corrected chi connectivity index (χ3v) is 4.07. The fourth-order valence-electron chi connectivity index (χ4n) is 2.71. The van der Waals surface area contributed by atoms with Crippen LogP contribution in [0.4, 0.5) is 4.79 Å². The number of amides is 1. The number of rotatable bonds is 3. The normalized spacial score (nSPS) is 20.9. The molecule has 1 saturated heterocycles. The van der Waals surface area contributed by atoms with Gasteiger partial charge in [-0.3, -0.25) is 4.90 Å². The molecule has 5 heteroatoms. The first kappa shape index (κ1) is 15.9. The highest BCUT2D eigenvalue weighted by atomic mass is 16.6. The van der Waals surface area contributed by atoms with E-state index in [9.17, 15) is 4.79 Å². The zero-order chi connectivity index (χ0) is 15.6. The fourth-order valence-corrected chi connectivity index (χ4v) is 2.71. The Morgan fingerprint density at radius 2 is 2.24 bits per heavy atom. The predicted molar refractivity (Wildman–Crippen MR) is 83.2 cm³/mol. The second kappa shape index (κ2) is 6.10. The maximum Gasteiger partial charge on any atom is 0.410 e. The molecule has 2 rings (SSSR count). The summed E-state index contributed by atoms with van der Waals surface area (Å²) in [4.78, 5) is 19.5. The van der Waals surface area contributed by atoms with E-state index in [0.717, 1.165) is 19.5 Å². The van der Waals surface area contributed by atoms with Gasteiger partial charge in [0.2, 0.25) is 0 Å². The Bertz CT molecular complexity index is 464. The van der Waals surface area contributed by atoms with Crippen molar-refractivity contribution in [2.24, 2.45) is 0 Å². The molecule has 1 aromatic rings. The molecule has 2 heterocycles. The van der Waals surface area contributed by atoms with Gasteiger partial charge >= 0.3 is 6.09 Å². The van der Waals surface area contributed by atoms with Gasteiger partial charge in [-0.2, -0.15) is 0 Å². The van der Waals surface area contributed by atoms with Gasteiger partial charge in [0.25, 0.3) is 0 Å². The number of aromatic amines is 1. The molecule has 1 aliphatic heterocycles. The molecule has 1 aliphatic rings. The van der Waals surface area contributed by atoms with E-state index in [2.05, 4.69) is 29.9 Å². The molecule has 1 fully saturated rings. The highest BCUT2D eigenvalue weighted by molar-refractivity contribution is 5.68. The van der Waals surface area contributed by atoms with Crippen molar-refractivity contribution in [3.8, 4) is 0 Å². The first-order chi connectivity index (χ1) is 9.78. The third kappa shape index (κ3) is 4.00. The Kier molecular flexibility index (Phi) is 4.61. The van der Waals surface area contributed by atoms with Crippen LogP contribution in [0.1, 0.15) is 45.9 Å². The molecule has 0 aliphatic carbocycles. The Labute approximate surface area is 127 Å². The summed E-state index contributed by atoms with van der Waals surface area (Å²) in [5, 5.41) is 0. The molecule has 0 saturated carbocycles. The first-order valence-corrected chi connectivity index (χ1v) is 7.61. The average Bonchev–Trinajstić information content (AvgIpc) is 3.06. The molecule has 0 unspecified atom stereocenters. The summed E-state index contributed by atoms with van der Waals surface area (Å²) in [6, 6.07) is 4.79. The van der Waals surface area contributed by atoms with Crippen molar-refractivity contribution < 1.29 is 9.53 Å². The van der Waals surface area contributed by atoms with E-state index in [1.807, 2.05) is 37.9 Å². The molecule has 1 aromatic heterocycles. The first-order valence-electron chi connectivity index (χ1n) is 7.61. The number of aromatic nitrogens is 1. The molecule has 5 nitrogen and oxygen atoms in total. The van der Waals surface area contributed by atoms with Crippen LogP contribution in [0.5, 0.6) is 0 Å². The van der Waals surface area contributed by atoms with Crippen LogP contribution in [0.25, 0.3) is 0 Å². The Morgan fingerprint density at radius 1 is 1.52 bits per heavy atom. The number of carbonyl (C=O) groups excluding carboxylic acids is 1. The van der Waals surface area contributed by atoms with Crippen LogP contribution >= 0.6 is 0 Å². The predicted octanol–water partition coefficient (Wildman–Crippen LogP) is 3.02. The summed E-state index contributed by atoms with van der Waals surface area (Å²) in [7, 11) is 2.12. The van der Waals surface area contributed by atoms with Crippen LogP contribution in [0.15, 0.2) is 18.3 Å². The maximum atomic E-state index is 12.1. The van der Waals surface area contributed by atoms with Crippen LogP contribution in [0.2, 0.25) is 0 Å². The number of ether oxygens (including phenoxy) is 1. The molecule has 0 radical (unpaired) electrons. The number of hydrogen-bond donors (Lipinski definition) is 1. The van der Waals surface area contributed by atoms with Crippen molar-refractivity contribution in [3.05, 3.63) is 24.0 Å². The lowest BCUT2D eigenvalue weighted by atomic mass is 10.1. The minimum absolute atomic E-state index is 0.203. The van der Waals surface area contributed by atoms with Crippen molar-refractivity contribution in [3.63, 3.8) is 0 Å². The molecule has 118 valence electrons. The van der Waals surface area contributed by atoms with Gasteiger partial charge in [-0.15, -0.1) is 0 Å². The van der Waals surface area contributed by atoms with Gasteiger partial charge in [0.05, 0.1) is 0 Å². The van der Waals surface area contributed by atoms with Crippen molar-refractivity contribution >= 4 is 6.09 Å². The largest absolute Gasteiger partial charge is 0.444 e. The van der Waals surface area contributed by atoms with Crippen molar-refractivity contribution in [1.82, 2.24) is 14.8 Å². The van der Waals surface area contributed by atoms with E-state index in [-0.39, 0.29) is 6.09 Å². The molecular weight excluding hydrogens is 266 g/mol. The van der Waals surface area contributed by atoms with E-state index in [1.54, 1.807) is 0 Å². The number of carbonyl (C=O) groups is 1. The molecule has 21 heavy (non-hydrogen) atoms. The van der Waals surface area contributed by atoms with Crippen LogP contribution in [0, 0.1) is 0 Å².